The first kappa shape index (κ1) is 33.0. The second-order valence-electron chi connectivity index (χ2n) is 13.9. The third-order valence-electron chi connectivity index (χ3n) is 10.3. The number of hydrogen-bond donors (Lipinski definition) is 1. The van der Waals surface area contributed by atoms with Gasteiger partial charge in [-0.25, -0.2) is 15.0 Å². The van der Waals surface area contributed by atoms with E-state index in [9.17, 15) is 0 Å². The van der Waals surface area contributed by atoms with E-state index in [1.807, 2.05) is 48.5 Å². The van der Waals surface area contributed by atoms with Crippen LogP contribution in [0.4, 0.5) is 0 Å². The van der Waals surface area contributed by atoms with Crippen LogP contribution < -0.4 is 10.7 Å². The monoisotopic (exact) mass is 714 g/mol. The van der Waals surface area contributed by atoms with Gasteiger partial charge in [-0.05, 0) is 76.7 Å². The van der Waals surface area contributed by atoms with E-state index in [-0.39, 0.29) is 0 Å². The van der Waals surface area contributed by atoms with E-state index in [2.05, 4.69) is 156 Å². The molecule has 1 aromatic heterocycles. The molecule has 0 atom stereocenters. The van der Waals surface area contributed by atoms with E-state index in [1.54, 1.807) is 0 Å². The Morgan fingerprint density at radius 3 is 1.32 bits per heavy atom. The second kappa shape index (κ2) is 14.3. The van der Waals surface area contributed by atoms with Crippen LogP contribution in [0.2, 0.25) is 0 Å². The summed E-state index contributed by atoms with van der Waals surface area (Å²) in [7, 11) is 0. The summed E-state index contributed by atoms with van der Waals surface area (Å²) in [6.45, 7) is 0. The molecule has 5 aromatic carbocycles. The molecule has 262 valence electrons. The van der Waals surface area contributed by atoms with Gasteiger partial charge in [-0.1, -0.05) is 145 Å². The zero-order valence-electron chi connectivity index (χ0n) is 30.4. The second-order valence-corrected chi connectivity index (χ2v) is 13.9. The lowest BCUT2D eigenvalue weighted by atomic mass is 9.89. The first-order valence-electron chi connectivity index (χ1n) is 18.8. The molecule has 4 aliphatic rings. The van der Waals surface area contributed by atoms with Gasteiger partial charge < -0.3 is 4.98 Å². The molecule has 10 rings (SSSR count). The maximum absolute atomic E-state index is 5.47. The Labute approximate surface area is 325 Å². The summed E-state index contributed by atoms with van der Waals surface area (Å²) in [6, 6.07) is 56.4. The number of aromatic nitrogens is 1. The van der Waals surface area contributed by atoms with Crippen LogP contribution in [-0.2, 0) is 0 Å². The minimum absolute atomic E-state index is 0.556. The van der Waals surface area contributed by atoms with E-state index in [0.29, 0.717) is 6.42 Å². The topological polar surface area (TPSA) is 52.9 Å². The zero-order valence-corrected chi connectivity index (χ0v) is 30.4. The summed E-state index contributed by atoms with van der Waals surface area (Å²) in [5, 5.41) is 1.95. The molecule has 4 heteroatoms. The highest BCUT2D eigenvalue weighted by atomic mass is 14.8. The van der Waals surface area contributed by atoms with E-state index >= 15 is 0 Å². The Morgan fingerprint density at radius 2 is 0.821 bits per heavy atom. The number of nitrogens with zero attached hydrogens (tertiary/aromatic N) is 3. The Kier molecular flexibility index (Phi) is 8.44. The predicted octanol–water partition coefficient (Wildman–Crippen LogP) is 9.42. The largest absolute Gasteiger partial charge is 0.354 e. The number of benzene rings is 5. The van der Waals surface area contributed by atoms with E-state index < -0.39 is 0 Å². The van der Waals surface area contributed by atoms with Gasteiger partial charge in [0.15, 0.2) is 0 Å². The molecule has 1 N–H and O–H groups in total. The average molecular weight is 715 g/mol. The first-order chi connectivity index (χ1) is 27.8. The highest BCUT2D eigenvalue weighted by Gasteiger charge is 2.30. The van der Waals surface area contributed by atoms with Crippen molar-refractivity contribution in [3.05, 3.63) is 249 Å². The molecule has 0 fully saturated rings. The lowest BCUT2D eigenvalue weighted by molar-refractivity contribution is 1.25. The Balaban J connectivity index is 1.33. The normalized spacial score (nSPS) is 15.9. The number of hydrogen-bond acceptors (Lipinski definition) is 3. The van der Waals surface area contributed by atoms with Crippen LogP contribution in [0.3, 0.4) is 0 Å². The molecule has 0 aliphatic carbocycles. The van der Waals surface area contributed by atoms with Crippen LogP contribution in [0.1, 0.15) is 34.2 Å². The fourth-order valence-corrected chi connectivity index (χ4v) is 7.81. The highest BCUT2D eigenvalue weighted by molar-refractivity contribution is 6.34. The number of aliphatic imine (C=N–C) groups is 3. The molecule has 0 saturated carbocycles. The van der Waals surface area contributed by atoms with Crippen LogP contribution in [-0.4, -0.2) is 22.1 Å². The van der Waals surface area contributed by atoms with Gasteiger partial charge in [0, 0.05) is 50.5 Å². The van der Waals surface area contributed by atoms with Crippen LogP contribution in [0.5, 0.6) is 0 Å². The Bertz CT molecular complexity index is 2980. The molecular formula is C52H34N4. The van der Waals surface area contributed by atoms with Gasteiger partial charge >= 0.3 is 0 Å². The molecule has 4 nitrogen and oxygen atoms in total. The van der Waals surface area contributed by atoms with Gasteiger partial charge in [0.25, 0.3) is 0 Å². The molecule has 8 bridgehead atoms. The van der Waals surface area contributed by atoms with Gasteiger partial charge in [0.1, 0.15) is 5.70 Å². The third-order valence-corrected chi connectivity index (χ3v) is 10.3. The van der Waals surface area contributed by atoms with Crippen molar-refractivity contribution >= 4 is 39.4 Å². The van der Waals surface area contributed by atoms with Gasteiger partial charge in [-0.3, -0.25) is 0 Å². The minimum atomic E-state index is 0.556. The van der Waals surface area contributed by atoms with Gasteiger partial charge in [0.2, 0.25) is 0 Å². The minimum Gasteiger partial charge on any atom is -0.354 e. The Morgan fingerprint density at radius 1 is 0.393 bits per heavy atom. The van der Waals surface area contributed by atoms with Crippen molar-refractivity contribution in [3.63, 3.8) is 0 Å². The van der Waals surface area contributed by atoms with Crippen molar-refractivity contribution < 1.29 is 0 Å². The lowest BCUT2D eigenvalue weighted by Crippen LogP contribution is -2.21. The molecule has 56 heavy (non-hydrogen) atoms. The van der Waals surface area contributed by atoms with Crippen LogP contribution in [0.25, 0.3) is 22.3 Å². The zero-order chi connectivity index (χ0) is 37.3. The quantitative estimate of drug-likeness (QED) is 0.177. The fraction of sp³-hybridized carbons (Fsp3) is 0.0192. The highest BCUT2D eigenvalue weighted by Crippen LogP contribution is 2.41. The molecule has 6 aromatic rings. The third kappa shape index (κ3) is 6.18. The number of nitrogens with one attached hydrogen (secondary N) is 1. The standard InChI is InChI=1S/C52H34N4/c1-6-16-35(17-7-1)26-27-41-40-34-48(53-41)52(39-24-14-5-15-25-39)47-33-32-46(56-47)51(38-22-12-4-13-23-38)45-31-30-44(55-45)50(37-20-10-3-11-21-37)43-29-28-42(54-43)49(40)36-18-8-2-9-19-36/h1-25,28-33,55H,34H2. The predicted molar refractivity (Wildman–Crippen MR) is 230 cm³/mol. The fourth-order valence-electron chi connectivity index (χ4n) is 7.81. The maximum Gasteiger partial charge on any atom is 0.118 e. The van der Waals surface area contributed by atoms with Crippen molar-refractivity contribution in [3.8, 4) is 11.8 Å². The number of allylic oxidation sites excluding steroid dienone is 8. The maximum atomic E-state index is 5.47. The summed E-state index contributed by atoms with van der Waals surface area (Å²) in [5.74, 6) is 6.95. The van der Waals surface area contributed by atoms with Gasteiger partial charge in [-0.2, -0.15) is 0 Å². The van der Waals surface area contributed by atoms with Crippen LogP contribution in [0.15, 0.2) is 226 Å². The molecule has 0 amide bonds. The van der Waals surface area contributed by atoms with Gasteiger partial charge in [-0.15, -0.1) is 0 Å². The van der Waals surface area contributed by atoms with E-state index in [4.69, 9.17) is 15.0 Å². The first-order valence-corrected chi connectivity index (χ1v) is 18.8. The summed E-state index contributed by atoms with van der Waals surface area (Å²) in [5.41, 5.74) is 15.4. The van der Waals surface area contributed by atoms with Crippen LogP contribution >= 0.6 is 0 Å². The summed E-state index contributed by atoms with van der Waals surface area (Å²) >= 11 is 0. The smallest absolute Gasteiger partial charge is 0.118 e. The van der Waals surface area contributed by atoms with E-state index in [1.165, 1.54) is 0 Å². The molecule has 0 radical (unpaired) electrons. The average Bonchev–Trinajstić information content (AvgIpc) is 4.10. The molecule has 0 unspecified atom stereocenters. The lowest BCUT2D eigenvalue weighted by Gasteiger charge is -2.14. The number of fused-ring (bicyclic) bond motifs is 6. The summed E-state index contributed by atoms with van der Waals surface area (Å²) < 4.78 is 0. The number of aromatic amines is 1. The number of rotatable bonds is 4. The molecule has 0 saturated heterocycles. The van der Waals surface area contributed by atoms with Gasteiger partial charge in [0.05, 0.1) is 28.5 Å². The van der Waals surface area contributed by atoms with Crippen molar-refractivity contribution in [1.82, 2.24) is 4.98 Å². The summed E-state index contributed by atoms with van der Waals surface area (Å²) in [6.07, 6.45) is 9.10. The molecular weight excluding hydrogens is 681 g/mol. The summed E-state index contributed by atoms with van der Waals surface area (Å²) in [4.78, 5) is 20.2. The SMILES string of the molecule is C(#Cc1ccccc1)C1=C2CC(=N1)C(c1ccccc1)=C1C=CC(=N1)C(c1ccccc1)=c1ccc([nH]1)=C(c1ccccc1)C1=NC(=C2c2ccccc2)C=C1. The van der Waals surface area contributed by atoms with E-state index in [0.717, 1.165) is 101 Å². The van der Waals surface area contributed by atoms with Crippen molar-refractivity contribution in [2.45, 2.75) is 6.42 Å². The Hall–Kier alpha value is -7.61. The molecule has 0 spiro atoms. The molecule has 5 heterocycles. The van der Waals surface area contributed by atoms with Crippen LogP contribution in [0, 0.1) is 11.8 Å². The van der Waals surface area contributed by atoms with Crippen molar-refractivity contribution in [2.24, 2.45) is 15.0 Å². The van der Waals surface area contributed by atoms with Crippen molar-refractivity contribution in [1.29, 1.82) is 0 Å². The number of H-pyrrole nitrogens is 1. The van der Waals surface area contributed by atoms with Crippen molar-refractivity contribution in [2.75, 3.05) is 0 Å². The molecule has 4 aliphatic heterocycles.